The van der Waals surface area contributed by atoms with Crippen LogP contribution in [0.5, 0.6) is 0 Å². The number of hydrazine groups is 1. The molecule has 1 aromatic heterocycles. The van der Waals surface area contributed by atoms with Gasteiger partial charge >= 0.3 is 0 Å². The number of hydrogen-bond acceptors (Lipinski definition) is 4. The predicted molar refractivity (Wildman–Crippen MR) is 63.4 cm³/mol. The van der Waals surface area contributed by atoms with Gasteiger partial charge in [0, 0.05) is 18.0 Å². The average Bonchev–Trinajstić information content (AvgIpc) is 2.81. The minimum atomic E-state index is 0.259. The molecule has 4 rings (SSSR count). The molecular formula is C13H18N4. The predicted octanol–water partition coefficient (Wildman–Crippen LogP) is 1.27. The number of nitrogens with one attached hydrogen (secondary N) is 1. The lowest BCUT2D eigenvalue weighted by Gasteiger charge is -2.19. The molecule has 4 nitrogen and oxygen atoms in total. The number of hydrogen-bond donors (Lipinski definition) is 2. The van der Waals surface area contributed by atoms with E-state index in [4.69, 9.17) is 5.84 Å². The lowest BCUT2D eigenvalue weighted by atomic mass is 9.95. The van der Waals surface area contributed by atoms with Gasteiger partial charge in [-0.2, -0.15) is 0 Å². The molecule has 4 heteroatoms. The Morgan fingerprint density at radius 2 is 1.82 bits per heavy atom. The summed E-state index contributed by atoms with van der Waals surface area (Å²) in [6.45, 7) is 0. The topological polar surface area (TPSA) is 63.8 Å². The minimum Gasteiger partial charge on any atom is -0.271 e. The number of aromatic nitrogens is 2. The molecule has 0 saturated heterocycles. The Kier molecular flexibility index (Phi) is 2.05. The highest BCUT2D eigenvalue weighted by Gasteiger charge is 2.66. The van der Waals surface area contributed by atoms with Crippen LogP contribution in [-0.2, 0) is 0 Å². The van der Waals surface area contributed by atoms with Gasteiger partial charge in [0.25, 0.3) is 0 Å². The van der Waals surface area contributed by atoms with Gasteiger partial charge in [0.2, 0.25) is 0 Å². The molecule has 17 heavy (non-hydrogen) atoms. The molecule has 0 aliphatic heterocycles. The van der Waals surface area contributed by atoms with Crippen LogP contribution < -0.4 is 11.3 Å². The molecule has 3 aliphatic rings. The maximum Gasteiger partial charge on any atom is 0.115 e. The van der Waals surface area contributed by atoms with Crippen molar-refractivity contribution < 1.29 is 0 Å². The lowest BCUT2D eigenvalue weighted by Crippen LogP contribution is -2.31. The fraction of sp³-hybridized carbons (Fsp3) is 0.692. The molecule has 1 heterocycles. The van der Waals surface area contributed by atoms with Crippen molar-refractivity contribution >= 4 is 0 Å². The van der Waals surface area contributed by atoms with Crippen LogP contribution in [0.2, 0.25) is 0 Å². The summed E-state index contributed by atoms with van der Waals surface area (Å²) in [5.74, 6) is 10.3. The SMILES string of the molecule is NNC(c1cncnc1)C1C2C3CCC(C3)C21. The Bertz CT molecular complexity index is 405. The molecular weight excluding hydrogens is 212 g/mol. The zero-order chi connectivity index (χ0) is 11.4. The first-order valence-electron chi connectivity index (χ1n) is 6.61. The van der Waals surface area contributed by atoms with Crippen LogP contribution in [0.3, 0.4) is 0 Å². The quantitative estimate of drug-likeness (QED) is 0.606. The van der Waals surface area contributed by atoms with Gasteiger partial charge in [0.15, 0.2) is 0 Å². The molecule has 3 fully saturated rings. The van der Waals surface area contributed by atoms with Gasteiger partial charge in [-0.05, 0) is 48.9 Å². The molecule has 2 bridgehead atoms. The number of rotatable bonds is 3. The average molecular weight is 230 g/mol. The highest BCUT2D eigenvalue weighted by molar-refractivity contribution is 5.22. The second kappa shape index (κ2) is 3.50. The summed E-state index contributed by atoms with van der Waals surface area (Å²) in [5.41, 5.74) is 4.14. The van der Waals surface area contributed by atoms with Gasteiger partial charge in [0.1, 0.15) is 6.33 Å². The maximum absolute atomic E-state index is 5.75. The fourth-order valence-electron chi connectivity index (χ4n) is 4.74. The molecule has 0 amide bonds. The molecule has 5 unspecified atom stereocenters. The van der Waals surface area contributed by atoms with E-state index in [1.807, 2.05) is 12.4 Å². The summed E-state index contributed by atoms with van der Waals surface area (Å²) in [6, 6.07) is 0.259. The molecule has 1 aromatic rings. The molecule has 3 N–H and O–H groups in total. The van der Waals surface area contributed by atoms with Crippen molar-refractivity contribution in [1.29, 1.82) is 0 Å². The molecule has 0 aromatic carbocycles. The van der Waals surface area contributed by atoms with Crippen LogP contribution in [0, 0.1) is 29.6 Å². The summed E-state index contributed by atoms with van der Waals surface area (Å²) < 4.78 is 0. The van der Waals surface area contributed by atoms with E-state index in [-0.39, 0.29) is 6.04 Å². The third kappa shape index (κ3) is 1.31. The van der Waals surface area contributed by atoms with Crippen molar-refractivity contribution in [3.05, 3.63) is 24.3 Å². The summed E-state index contributed by atoms with van der Waals surface area (Å²) >= 11 is 0. The molecule has 0 radical (unpaired) electrons. The fourth-order valence-corrected chi connectivity index (χ4v) is 4.74. The Morgan fingerprint density at radius 3 is 2.41 bits per heavy atom. The van der Waals surface area contributed by atoms with E-state index in [1.165, 1.54) is 19.3 Å². The van der Waals surface area contributed by atoms with Gasteiger partial charge in [-0.15, -0.1) is 0 Å². The largest absolute Gasteiger partial charge is 0.271 e. The summed E-state index contributed by atoms with van der Waals surface area (Å²) in [4.78, 5) is 8.21. The van der Waals surface area contributed by atoms with E-state index in [0.717, 1.165) is 35.2 Å². The van der Waals surface area contributed by atoms with E-state index >= 15 is 0 Å². The van der Waals surface area contributed by atoms with Crippen LogP contribution >= 0.6 is 0 Å². The third-order valence-corrected chi connectivity index (χ3v) is 5.30. The monoisotopic (exact) mass is 230 g/mol. The number of fused-ring (bicyclic) bond motifs is 5. The summed E-state index contributed by atoms with van der Waals surface area (Å²) in [6.07, 6.45) is 9.75. The summed E-state index contributed by atoms with van der Waals surface area (Å²) in [7, 11) is 0. The maximum atomic E-state index is 5.75. The molecule has 0 spiro atoms. The van der Waals surface area contributed by atoms with Crippen LogP contribution in [0.25, 0.3) is 0 Å². The van der Waals surface area contributed by atoms with Crippen LogP contribution in [0.1, 0.15) is 30.9 Å². The highest BCUT2D eigenvalue weighted by Crippen LogP contribution is 2.72. The molecule has 3 aliphatic carbocycles. The standard InChI is InChI=1S/C13H18N4/c14-17-13(9-4-15-6-16-5-9)12-10-7-1-2-8(3-7)11(10)12/h4-8,10-13,17H,1-3,14H2. The first-order valence-corrected chi connectivity index (χ1v) is 6.61. The van der Waals surface area contributed by atoms with Gasteiger partial charge in [-0.1, -0.05) is 0 Å². The third-order valence-electron chi connectivity index (χ3n) is 5.30. The number of nitrogens with two attached hydrogens (primary N) is 1. The second-order valence-corrected chi connectivity index (χ2v) is 5.88. The molecule has 3 saturated carbocycles. The van der Waals surface area contributed by atoms with E-state index in [1.54, 1.807) is 6.33 Å². The Labute approximate surface area is 101 Å². The van der Waals surface area contributed by atoms with E-state index in [0.29, 0.717) is 0 Å². The van der Waals surface area contributed by atoms with Crippen molar-refractivity contribution in [2.75, 3.05) is 0 Å². The van der Waals surface area contributed by atoms with Crippen molar-refractivity contribution in [3.8, 4) is 0 Å². The normalized spacial score (nSPS) is 43.5. The van der Waals surface area contributed by atoms with Crippen LogP contribution in [0.15, 0.2) is 18.7 Å². The Hall–Kier alpha value is -1.00. The van der Waals surface area contributed by atoms with Crippen molar-refractivity contribution in [3.63, 3.8) is 0 Å². The van der Waals surface area contributed by atoms with Gasteiger partial charge in [-0.3, -0.25) is 11.3 Å². The minimum absolute atomic E-state index is 0.259. The summed E-state index contributed by atoms with van der Waals surface area (Å²) in [5, 5.41) is 0. The van der Waals surface area contributed by atoms with Crippen LogP contribution in [-0.4, -0.2) is 9.97 Å². The van der Waals surface area contributed by atoms with Crippen molar-refractivity contribution in [1.82, 2.24) is 15.4 Å². The smallest absolute Gasteiger partial charge is 0.115 e. The van der Waals surface area contributed by atoms with Crippen molar-refractivity contribution in [2.45, 2.75) is 25.3 Å². The first-order chi connectivity index (χ1) is 8.40. The zero-order valence-corrected chi connectivity index (χ0v) is 9.79. The lowest BCUT2D eigenvalue weighted by molar-refractivity contribution is 0.373. The van der Waals surface area contributed by atoms with E-state index < -0.39 is 0 Å². The van der Waals surface area contributed by atoms with Gasteiger partial charge in [-0.25, -0.2) is 9.97 Å². The van der Waals surface area contributed by atoms with E-state index in [2.05, 4.69) is 15.4 Å². The van der Waals surface area contributed by atoms with Crippen molar-refractivity contribution in [2.24, 2.45) is 35.4 Å². The Balaban J connectivity index is 1.59. The zero-order valence-electron chi connectivity index (χ0n) is 9.79. The Morgan fingerprint density at radius 1 is 1.18 bits per heavy atom. The van der Waals surface area contributed by atoms with Gasteiger partial charge in [0.05, 0.1) is 6.04 Å². The molecule has 5 atom stereocenters. The number of nitrogens with zero attached hydrogens (tertiary/aromatic N) is 2. The van der Waals surface area contributed by atoms with Gasteiger partial charge < -0.3 is 0 Å². The molecule has 90 valence electrons. The second-order valence-electron chi connectivity index (χ2n) is 5.88. The van der Waals surface area contributed by atoms with E-state index in [9.17, 15) is 0 Å². The van der Waals surface area contributed by atoms with Crippen LogP contribution in [0.4, 0.5) is 0 Å². The highest BCUT2D eigenvalue weighted by atomic mass is 15.2. The first kappa shape index (κ1) is 9.97.